The minimum absolute atomic E-state index is 0.259. The Morgan fingerprint density at radius 3 is 2.55 bits per heavy atom. The predicted octanol–water partition coefficient (Wildman–Crippen LogP) is 4.88. The van der Waals surface area contributed by atoms with Gasteiger partial charge in [0.2, 0.25) is 5.13 Å². The summed E-state index contributed by atoms with van der Waals surface area (Å²) >= 11 is 1.34. The quantitative estimate of drug-likeness (QED) is 0.572. The van der Waals surface area contributed by atoms with Gasteiger partial charge < -0.3 is 9.47 Å². The fourth-order valence-corrected chi connectivity index (χ4v) is 3.42. The van der Waals surface area contributed by atoms with Gasteiger partial charge in [0.25, 0.3) is 5.91 Å². The van der Waals surface area contributed by atoms with Crippen LogP contribution in [-0.4, -0.2) is 29.3 Å². The molecule has 1 amide bonds. The molecule has 152 valence electrons. The normalized spacial score (nSPS) is 12.0. The Kier molecular flexibility index (Phi) is 6.95. The number of ether oxygens (including phenoxy) is 2. The lowest BCUT2D eigenvalue weighted by molar-refractivity contribution is -0.127. The molecule has 2 aromatic carbocycles. The molecule has 1 N–H and O–H groups in total. The van der Waals surface area contributed by atoms with Crippen molar-refractivity contribution in [3.8, 4) is 16.3 Å². The second-order valence-electron chi connectivity index (χ2n) is 6.98. The number of rotatable bonds is 8. The summed E-state index contributed by atoms with van der Waals surface area (Å²) in [5, 5.41) is 12.3. The molecule has 3 rings (SSSR count). The van der Waals surface area contributed by atoms with E-state index >= 15 is 0 Å². The third-order valence-electron chi connectivity index (χ3n) is 4.48. The van der Waals surface area contributed by atoms with Gasteiger partial charge in [0.15, 0.2) is 0 Å². The molecule has 1 atom stereocenters. The Bertz CT molecular complexity index is 954. The maximum absolute atomic E-state index is 12.4. The Labute approximate surface area is 174 Å². The summed E-state index contributed by atoms with van der Waals surface area (Å²) in [6.07, 6.45) is -0.626. The van der Waals surface area contributed by atoms with E-state index in [1.165, 1.54) is 16.9 Å². The lowest BCUT2D eigenvalue weighted by atomic mass is 10.0. The van der Waals surface area contributed by atoms with Crippen LogP contribution in [0.4, 0.5) is 5.13 Å². The Morgan fingerprint density at radius 1 is 1.10 bits per heavy atom. The minimum Gasteiger partial charge on any atom is -0.497 e. The second-order valence-corrected chi connectivity index (χ2v) is 7.96. The van der Waals surface area contributed by atoms with Gasteiger partial charge in [-0.15, -0.1) is 10.2 Å². The van der Waals surface area contributed by atoms with Crippen molar-refractivity contribution in [1.82, 2.24) is 10.2 Å². The first kappa shape index (κ1) is 21.0. The molecule has 1 aromatic heterocycles. The van der Waals surface area contributed by atoms with Crippen LogP contribution in [0.2, 0.25) is 0 Å². The third kappa shape index (κ3) is 5.62. The van der Waals surface area contributed by atoms with Crippen molar-refractivity contribution in [2.24, 2.45) is 0 Å². The number of carbonyl (C=O) groups excluding carboxylic acids is 1. The monoisotopic (exact) mass is 411 g/mol. The highest BCUT2D eigenvalue weighted by Crippen LogP contribution is 2.28. The van der Waals surface area contributed by atoms with Crippen molar-refractivity contribution in [2.45, 2.75) is 39.4 Å². The summed E-state index contributed by atoms with van der Waals surface area (Å²) in [5.74, 6) is 0.976. The number of nitrogens with zero attached hydrogens (tertiary/aromatic N) is 2. The molecule has 3 aromatic rings. The molecule has 7 heteroatoms. The minimum atomic E-state index is -0.626. The number of anilines is 1. The zero-order valence-electron chi connectivity index (χ0n) is 17.0. The smallest absolute Gasteiger partial charge is 0.255 e. The average Bonchev–Trinajstić information content (AvgIpc) is 3.20. The molecular weight excluding hydrogens is 386 g/mol. The van der Waals surface area contributed by atoms with E-state index in [0.717, 1.165) is 21.9 Å². The van der Waals surface area contributed by atoms with E-state index in [9.17, 15) is 4.79 Å². The van der Waals surface area contributed by atoms with Crippen molar-refractivity contribution in [3.63, 3.8) is 0 Å². The molecule has 0 saturated carbocycles. The van der Waals surface area contributed by atoms with Crippen LogP contribution in [0, 0.1) is 0 Å². The molecule has 0 bridgehead atoms. The molecule has 1 heterocycles. The molecule has 6 nitrogen and oxygen atoms in total. The lowest BCUT2D eigenvalue weighted by Gasteiger charge is -2.12. The van der Waals surface area contributed by atoms with E-state index in [4.69, 9.17) is 9.47 Å². The van der Waals surface area contributed by atoms with Gasteiger partial charge in [-0.05, 0) is 36.1 Å². The molecule has 0 fully saturated rings. The van der Waals surface area contributed by atoms with E-state index in [1.807, 2.05) is 36.4 Å². The van der Waals surface area contributed by atoms with Crippen molar-refractivity contribution >= 4 is 22.4 Å². The van der Waals surface area contributed by atoms with Crippen LogP contribution in [0.15, 0.2) is 48.5 Å². The van der Waals surface area contributed by atoms with Gasteiger partial charge in [-0.2, -0.15) is 0 Å². The van der Waals surface area contributed by atoms with E-state index in [2.05, 4.69) is 41.5 Å². The first-order chi connectivity index (χ1) is 14.0. The van der Waals surface area contributed by atoms with Crippen LogP contribution in [0.3, 0.4) is 0 Å². The Hall–Kier alpha value is -2.77. The number of carbonyl (C=O) groups is 1. The van der Waals surface area contributed by atoms with Crippen molar-refractivity contribution < 1.29 is 14.3 Å². The highest BCUT2D eigenvalue weighted by Gasteiger charge is 2.16. The summed E-state index contributed by atoms with van der Waals surface area (Å²) in [7, 11) is 1.62. The molecule has 0 radical (unpaired) electrons. The highest BCUT2D eigenvalue weighted by atomic mass is 32.1. The SMILES string of the molecule is COc1cccc(COC(C)C(=O)Nc2nnc(-c3ccc(C(C)C)cc3)s2)c1. The van der Waals surface area contributed by atoms with E-state index < -0.39 is 6.10 Å². The fraction of sp³-hybridized carbons (Fsp3) is 0.318. The largest absolute Gasteiger partial charge is 0.497 e. The van der Waals surface area contributed by atoms with Crippen LogP contribution in [0.25, 0.3) is 10.6 Å². The first-order valence-corrected chi connectivity index (χ1v) is 10.3. The predicted molar refractivity (Wildman–Crippen MR) is 115 cm³/mol. The molecule has 0 aliphatic heterocycles. The maximum atomic E-state index is 12.4. The van der Waals surface area contributed by atoms with Gasteiger partial charge in [-0.25, -0.2) is 0 Å². The first-order valence-electron chi connectivity index (χ1n) is 9.45. The lowest BCUT2D eigenvalue weighted by Crippen LogP contribution is -2.27. The number of benzene rings is 2. The average molecular weight is 412 g/mol. The number of hydrogen-bond acceptors (Lipinski definition) is 6. The van der Waals surface area contributed by atoms with Gasteiger partial charge in [-0.1, -0.05) is 61.6 Å². The second kappa shape index (κ2) is 9.62. The standard InChI is InChI=1S/C22H25N3O3S/c1-14(2)17-8-10-18(11-9-17)21-24-25-22(29-21)23-20(26)15(3)28-13-16-6-5-7-19(12-16)27-4/h5-12,14-15H,13H2,1-4H3,(H,23,25,26). The van der Waals surface area contributed by atoms with Crippen LogP contribution in [0.1, 0.15) is 37.8 Å². The van der Waals surface area contributed by atoms with E-state index in [1.54, 1.807) is 14.0 Å². The summed E-state index contributed by atoms with van der Waals surface area (Å²) in [6, 6.07) is 15.8. The molecular formula is C22H25N3O3S. The fourth-order valence-electron chi connectivity index (χ4n) is 2.67. The number of methoxy groups -OCH3 is 1. The number of hydrogen-bond donors (Lipinski definition) is 1. The molecule has 29 heavy (non-hydrogen) atoms. The van der Waals surface area contributed by atoms with Crippen LogP contribution in [0.5, 0.6) is 5.75 Å². The van der Waals surface area contributed by atoms with Crippen molar-refractivity contribution in [2.75, 3.05) is 12.4 Å². The Balaban J connectivity index is 1.56. The number of amides is 1. The topological polar surface area (TPSA) is 73.3 Å². The highest BCUT2D eigenvalue weighted by molar-refractivity contribution is 7.18. The maximum Gasteiger partial charge on any atom is 0.255 e. The zero-order chi connectivity index (χ0) is 20.8. The van der Waals surface area contributed by atoms with E-state index in [0.29, 0.717) is 17.7 Å². The van der Waals surface area contributed by atoms with Gasteiger partial charge in [0.1, 0.15) is 16.9 Å². The molecule has 0 saturated heterocycles. The van der Waals surface area contributed by atoms with Crippen molar-refractivity contribution in [1.29, 1.82) is 0 Å². The van der Waals surface area contributed by atoms with Gasteiger partial charge in [0.05, 0.1) is 13.7 Å². The molecule has 1 unspecified atom stereocenters. The number of nitrogens with one attached hydrogen (secondary N) is 1. The Morgan fingerprint density at radius 2 is 1.86 bits per heavy atom. The molecule has 0 aliphatic carbocycles. The van der Waals surface area contributed by atoms with Crippen LogP contribution >= 0.6 is 11.3 Å². The third-order valence-corrected chi connectivity index (χ3v) is 5.37. The molecule has 0 spiro atoms. The summed E-state index contributed by atoms with van der Waals surface area (Å²) in [6.45, 7) is 6.34. The van der Waals surface area contributed by atoms with Crippen LogP contribution < -0.4 is 10.1 Å². The summed E-state index contributed by atoms with van der Waals surface area (Å²) in [5.41, 5.74) is 3.19. The summed E-state index contributed by atoms with van der Waals surface area (Å²) in [4.78, 5) is 12.4. The molecule has 0 aliphatic rings. The van der Waals surface area contributed by atoms with Gasteiger partial charge >= 0.3 is 0 Å². The van der Waals surface area contributed by atoms with Gasteiger partial charge in [0, 0.05) is 5.56 Å². The number of aromatic nitrogens is 2. The van der Waals surface area contributed by atoms with Gasteiger partial charge in [-0.3, -0.25) is 10.1 Å². The van der Waals surface area contributed by atoms with Crippen LogP contribution in [-0.2, 0) is 16.1 Å². The van der Waals surface area contributed by atoms with E-state index in [-0.39, 0.29) is 5.91 Å². The van der Waals surface area contributed by atoms with Crippen molar-refractivity contribution in [3.05, 3.63) is 59.7 Å². The zero-order valence-corrected chi connectivity index (χ0v) is 17.8. The summed E-state index contributed by atoms with van der Waals surface area (Å²) < 4.78 is 10.9.